The lowest BCUT2D eigenvalue weighted by atomic mass is 10.3. The van der Waals surface area contributed by atoms with Crippen LogP contribution in [0, 0.1) is 0 Å². The molecule has 0 fully saturated rings. The average Bonchev–Trinajstić information content (AvgIpc) is 1.66. The summed E-state index contributed by atoms with van der Waals surface area (Å²) >= 11 is 2.01. The Morgan fingerprint density at radius 3 is 2.75 bits per heavy atom. The number of hydrogen-bond acceptors (Lipinski definition) is 2. The minimum absolute atomic E-state index is 1.11. The van der Waals surface area contributed by atoms with Crippen molar-refractivity contribution in [2.24, 2.45) is 5.84 Å². The summed E-state index contributed by atoms with van der Waals surface area (Å²) in [5.41, 5.74) is 0. The van der Waals surface area contributed by atoms with Crippen molar-refractivity contribution in [3.63, 3.8) is 0 Å². The van der Waals surface area contributed by atoms with Gasteiger partial charge in [0.25, 0.3) is 0 Å². The molecule has 0 heterocycles. The summed E-state index contributed by atoms with van der Waals surface area (Å²) in [4.78, 5) is 0. The first kappa shape index (κ1) is 8.23. The van der Waals surface area contributed by atoms with Gasteiger partial charge >= 0.3 is 0 Å². The highest BCUT2D eigenvalue weighted by Crippen LogP contribution is 1.93. The number of nitrogens with zero attached hydrogens (tertiary/aromatic N) is 1. The van der Waals surface area contributed by atoms with Gasteiger partial charge in [-0.1, -0.05) is 19.4 Å². The minimum atomic E-state index is 1.11. The van der Waals surface area contributed by atoms with Gasteiger partial charge in [0.05, 0.1) is 22.9 Å². The van der Waals surface area contributed by atoms with Crippen LogP contribution >= 0.6 is 22.9 Å². The minimum Gasteiger partial charge on any atom is -0.259 e. The highest BCUT2D eigenvalue weighted by atomic mass is 127. The molecule has 3 heteroatoms. The molecule has 0 atom stereocenters. The van der Waals surface area contributed by atoms with E-state index in [2.05, 4.69) is 6.92 Å². The third kappa shape index (κ3) is 6.23. The van der Waals surface area contributed by atoms with Gasteiger partial charge in [0, 0.05) is 6.20 Å². The first-order valence-corrected chi connectivity index (χ1v) is 3.60. The van der Waals surface area contributed by atoms with Gasteiger partial charge in [0.1, 0.15) is 0 Å². The van der Waals surface area contributed by atoms with Crippen LogP contribution in [0.4, 0.5) is 0 Å². The van der Waals surface area contributed by atoms with Crippen LogP contribution in [0.1, 0.15) is 19.8 Å². The largest absolute Gasteiger partial charge is 0.259 e. The van der Waals surface area contributed by atoms with Crippen molar-refractivity contribution in [2.75, 3.05) is 0 Å². The molecular formula is C5H11IN2. The predicted octanol–water partition coefficient (Wildman–Crippen LogP) is 1.83. The molecule has 8 heavy (non-hydrogen) atoms. The molecule has 0 amide bonds. The lowest BCUT2D eigenvalue weighted by molar-refractivity contribution is 0.718. The van der Waals surface area contributed by atoms with Gasteiger partial charge in [-0.15, -0.1) is 0 Å². The Morgan fingerprint density at radius 2 is 2.38 bits per heavy atom. The predicted molar refractivity (Wildman–Crippen MR) is 44.1 cm³/mol. The fourth-order valence-electron chi connectivity index (χ4n) is 0.342. The molecular weight excluding hydrogens is 215 g/mol. The smallest absolute Gasteiger partial charge is 0.0759 e. The fourth-order valence-corrected chi connectivity index (χ4v) is 0.569. The average molecular weight is 226 g/mol. The van der Waals surface area contributed by atoms with E-state index in [0.717, 1.165) is 6.42 Å². The molecule has 0 saturated carbocycles. The Bertz CT molecular complexity index is 70.8. The summed E-state index contributed by atoms with van der Waals surface area (Å²) in [6, 6.07) is 0. The number of nitrogens with two attached hydrogens (primary N) is 1. The van der Waals surface area contributed by atoms with Crippen molar-refractivity contribution >= 4 is 22.9 Å². The Morgan fingerprint density at radius 1 is 1.75 bits per heavy atom. The highest BCUT2D eigenvalue weighted by Gasteiger charge is 1.75. The zero-order valence-electron chi connectivity index (χ0n) is 4.97. The molecule has 0 aliphatic carbocycles. The van der Waals surface area contributed by atoms with Gasteiger partial charge in [0.15, 0.2) is 0 Å². The monoisotopic (exact) mass is 226 g/mol. The summed E-state index contributed by atoms with van der Waals surface area (Å²) in [5.74, 6) is 5.27. The van der Waals surface area contributed by atoms with Crippen molar-refractivity contribution in [1.29, 1.82) is 0 Å². The van der Waals surface area contributed by atoms with Gasteiger partial charge in [-0.2, -0.15) is 0 Å². The van der Waals surface area contributed by atoms with E-state index < -0.39 is 0 Å². The molecule has 0 unspecified atom stereocenters. The van der Waals surface area contributed by atoms with E-state index in [0.29, 0.717) is 0 Å². The summed E-state index contributed by atoms with van der Waals surface area (Å²) in [7, 11) is 0. The van der Waals surface area contributed by atoms with E-state index in [1.165, 1.54) is 9.64 Å². The Kier molecular flexibility index (Phi) is 5.52. The van der Waals surface area contributed by atoms with Crippen molar-refractivity contribution in [3.05, 3.63) is 12.3 Å². The molecule has 0 bridgehead atoms. The standard InChI is InChI=1S/C5H11IN2/c1-2-3-4-5-8(6)7/h4-5H,2-3,7H2,1H3/b5-4-. The summed E-state index contributed by atoms with van der Waals surface area (Å²) in [6.07, 6.45) is 6.19. The maximum Gasteiger partial charge on any atom is 0.0759 e. The summed E-state index contributed by atoms with van der Waals surface area (Å²) in [5, 5.41) is 0. The molecule has 0 aromatic heterocycles. The number of allylic oxidation sites excluding steroid dienone is 1. The normalized spacial score (nSPS) is 10.4. The second-order valence-electron chi connectivity index (χ2n) is 1.52. The Hall–Kier alpha value is 0.230. The zero-order valence-corrected chi connectivity index (χ0v) is 7.13. The maximum atomic E-state index is 5.27. The van der Waals surface area contributed by atoms with E-state index in [1.807, 2.05) is 35.1 Å². The molecule has 0 aliphatic heterocycles. The van der Waals surface area contributed by atoms with Crippen molar-refractivity contribution in [2.45, 2.75) is 19.8 Å². The van der Waals surface area contributed by atoms with Crippen LogP contribution in [0.25, 0.3) is 0 Å². The molecule has 0 rings (SSSR count). The van der Waals surface area contributed by atoms with Gasteiger partial charge in [-0.05, 0) is 6.42 Å². The fraction of sp³-hybridized carbons (Fsp3) is 0.600. The maximum absolute atomic E-state index is 5.27. The highest BCUT2D eigenvalue weighted by molar-refractivity contribution is 14.1. The Labute approximate surface area is 64.2 Å². The number of rotatable bonds is 3. The number of hydrogen-bond donors (Lipinski definition) is 1. The molecule has 2 N–H and O–H groups in total. The first-order valence-electron chi connectivity index (χ1n) is 2.63. The molecule has 0 radical (unpaired) electrons. The van der Waals surface area contributed by atoms with Crippen molar-refractivity contribution in [3.8, 4) is 0 Å². The third-order valence-electron chi connectivity index (χ3n) is 0.703. The molecule has 48 valence electrons. The number of hydrazine groups is 1. The van der Waals surface area contributed by atoms with Crippen LogP contribution in [0.2, 0.25) is 0 Å². The van der Waals surface area contributed by atoms with Crippen molar-refractivity contribution in [1.82, 2.24) is 3.22 Å². The second kappa shape index (κ2) is 5.37. The number of unbranched alkanes of at least 4 members (excludes halogenated alkanes) is 1. The molecule has 0 aliphatic rings. The summed E-state index contributed by atoms with van der Waals surface area (Å²) < 4.78 is 1.52. The van der Waals surface area contributed by atoms with Crippen LogP contribution < -0.4 is 5.84 Å². The van der Waals surface area contributed by atoms with Gasteiger partial charge in [-0.25, -0.2) is 5.84 Å². The van der Waals surface area contributed by atoms with Gasteiger partial charge < -0.3 is 0 Å². The lowest BCUT2D eigenvalue weighted by Crippen LogP contribution is -2.09. The second-order valence-corrected chi connectivity index (χ2v) is 2.63. The van der Waals surface area contributed by atoms with E-state index in [-0.39, 0.29) is 0 Å². The van der Waals surface area contributed by atoms with Gasteiger partial charge in [-0.3, -0.25) is 3.22 Å². The van der Waals surface area contributed by atoms with E-state index >= 15 is 0 Å². The van der Waals surface area contributed by atoms with Crippen LogP contribution in [-0.2, 0) is 0 Å². The topological polar surface area (TPSA) is 29.3 Å². The van der Waals surface area contributed by atoms with E-state index in [9.17, 15) is 0 Å². The molecule has 0 saturated heterocycles. The molecule has 0 aromatic rings. The Balaban J connectivity index is 3.07. The quantitative estimate of drug-likeness (QED) is 0.344. The lowest BCUT2D eigenvalue weighted by Gasteiger charge is -1.97. The van der Waals surface area contributed by atoms with Crippen LogP contribution in [0.3, 0.4) is 0 Å². The SMILES string of the molecule is CCC/C=C\N(N)I. The zero-order chi connectivity index (χ0) is 6.41. The first-order chi connectivity index (χ1) is 3.77. The van der Waals surface area contributed by atoms with Gasteiger partial charge in [0.2, 0.25) is 0 Å². The van der Waals surface area contributed by atoms with E-state index in [1.54, 1.807) is 0 Å². The summed E-state index contributed by atoms with van der Waals surface area (Å²) in [6.45, 7) is 2.14. The third-order valence-corrected chi connectivity index (χ3v) is 1.02. The van der Waals surface area contributed by atoms with Crippen molar-refractivity contribution < 1.29 is 0 Å². The molecule has 2 nitrogen and oxygen atoms in total. The van der Waals surface area contributed by atoms with Crippen LogP contribution in [0.15, 0.2) is 12.3 Å². The van der Waals surface area contributed by atoms with E-state index in [4.69, 9.17) is 5.84 Å². The van der Waals surface area contributed by atoms with Crippen LogP contribution in [-0.4, -0.2) is 3.22 Å². The molecule has 0 spiro atoms. The van der Waals surface area contributed by atoms with Crippen LogP contribution in [0.5, 0.6) is 0 Å². The number of halogens is 1. The molecule has 0 aromatic carbocycles.